The maximum Gasteiger partial charge on any atom is 0.252 e. The van der Waals surface area contributed by atoms with Crippen molar-refractivity contribution < 1.29 is 4.79 Å². The van der Waals surface area contributed by atoms with E-state index < -0.39 is 0 Å². The van der Waals surface area contributed by atoms with E-state index >= 15 is 0 Å². The highest BCUT2D eigenvalue weighted by Crippen LogP contribution is 2.38. The highest BCUT2D eigenvalue weighted by molar-refractivity contribution is 5.85. The van der Waals surface area contributed by atoms with Crippen LogP contribution in [0, 0.1) is 0 Å². The van der Waals surface area contributed by atoms with Gasteiger partial charge in [-0.2, -0.15) is 0 Å². The second-order valence-electron chi connectivity index (χ2n) is 5.91. The molecule has 0 aromatic carbocycles. The molecule has 1 unspecified atom stereocenters. The van der Waals surface area contributed by atoms with Gasteiger partial charge in [0.2, 0.25) is 5.91 Å². The summed E-state index contributed by atoms with van der Waals surface area (Å²) in [5.41, 5.74) is -0.142. The van der Waals surface area contributed by atoms with Gasteiger partial charge in [-0.1, -0.05) is 0 Å². The standard InChI is InChI=1S/C14H21N5O2/c1-18(2)14(21)10-8-15-5-6-19(10)11-7-12(20)17-13(16-11)9-3-4-9/h7,9-10,15H,3-6,8H2,1-2H3,(H,16,17,20). The Morgan fingerprint density at radius 1 is 1.43 bits per heavy atom. The quantitative estimate of drug-likeness (QED) is 0.786. The Labute approximate surface area is 123 Å². The molecule has 1 amide bonds. The largest absolute Gasteiger partial charge is 0.347 e. The fraction of sp³-hybridized carbons (Fsp3) is 0.643. The number of rotatable bonds is 3. The minimum absolute atomic E-state index is 0.0252. The van der Waals surface area contributed by atoms with Gasteiger partial charge in [-0.25, -0.2) is 4.98 Å². The van der Waals surface area contributed by atoms with E-state index in [1.807, 2.05) is 4.90 Å². The van der Waals surface area contributed by atoms with Crippen LogP contribution >= 0.6 is 0 Å². The van der Waals surface area contributed by atoms with Crippen LogP contribution in [-0.4, -0.2) is 60.5 Å². The van der Waals surface area contributed by atoms with Crippen LogP contribution in [0.25, 0.3) is 0 Å². The Balaban J connectivity index is 1.92. The Morgan fingerprint density at radius 3 is 2.86 bits per heavy atom. The van der Waals surface area contributed by atoms with Crippen molar-refractivity contribution in [1.29, 1.82) is 0 Å². The van der Waals surface area contributed by atoms with Crippen LogP contribution in [0.2, 0.25) is 0 Å². The van der Waals surface area contributed by atoms with Gasteiger partial charge in [0.25, 0.3) is 5.56 Å². The summed E-state index contributed by atoms with van der Waals surface area (Å²) >= 11 is 0. The zero-order valence-corrected chi connectivity index (χ0v) is 12.4. The van der Waals surface area contributed by atoms with Gasteiger partial charge in [-0.05, 0) is 12.8 Å². The van der Waals surface area contributed by atoms with E-state index in [0.717, 1.165) is 25.2 Å². The monoisotopic (exact) mass is 291 g/mol. The maximum absolute atomic E-state index is 12.3. The van der Waals surface area contributed by atoms with E-state index in [4.69, 9.17) is 0 Å². The van der Waals surface area contributed by atoms with Gasteiger partial charge in [0, 0.05) is 45.7 Å². The number of carbonyl (C=O) groups excluding carboxylic acids is 1. The van der Waals surface area contributed by atoms with Gasteiger partial charge < -0.3 is 20.1 Å². The van der Waals surface area contributed by atoms with E-state index in [2.05, 4.69) is 15.3 Å². The summed E-state index contributed by atoms with van der Waals surface area (Å²) in [6.07, 6.45) is 2.15. The van der Waals surface area contributed by atoms with Crippen molar-refractivity contribution in [2.75, 3.05) is 38.6 Å². The first-order valence-corrected chi connectivity index (χ1v) is 7.36. The molecule has 7 nitrogen and oxygen atoms in total. The molecule has 21 heavy (non-hydrogen) atoms. The molecule has 1 aliphatic carbocycles. The summed E-state index contributed by atoms with van der Waals surface area (Å²) < 4.78 is 0. The molecule has 1 saturated heterocycles. The number of H-pyrrole nitrogens is 1. The number of likely N-dealkylation sites (N-methyl/N-ethyl adjacent to an activating group) is 1. The highest BCUT2D eigenvalue weighted by Gasteiger charge is 2.32. The SMILES string of the molecule is CN(C)C(=O)C1CNCCN1c1cc(=O)[nH]c(C2CC2)n1. The summed E-state index contributed by atoms with van der Waals surface area (Å²) in [5.74, 6) is 1.77. The molecule has 2 fully saturated rings. The molecule has 0 bridgehead atoms. The normalized spacial score (nSPS) is 22.2. The van der Waals surface area contributed by atoms with Crippen LogP contribution in [0.5, 0.6) is 0 Å². The third-order valence-electron chi connectivity index (χ3n) is 3.97. The van der Waals surface area contributed by atoms with Gasteiger partial charge >= 0.3 is 0 Å². The predicted molar refractivity (Wildman–Crippen MR) is 79.5 cm³/mol. The van der Waals surface area contributed by atoms with Gasteiger partial charge in [0.05, 0.1) is 0 Å². The molecule has 0 radical (unpaired) electrons. The van der Waals surface area contributed by atoms with Crippen molar-refractivity contribution in [2.45, 2.75) is 24.8 Å². The number of hydrogen-bond donors (Lipinski definition) is 2. The topological polar surface area (TPSA) is 81.3 Å². The second kappa shape index (κ2) is 5.48. The summed E-state index contributed by atoms with van der Waals surface area (Å²) in [4.78, 5) is 35.1. The Kier molecular flexibility index (Phi) is 3.67. The number of nitrogens with zero attached hydrogens (tertiary/aromatic N) is 3. The van der Waals surface area contributed by atoms with Crippen LogP contribution in [0.15, 0.2) is 10.9 Å². The lowest BCUT2D eigenvalue weighted by atomic mass is 10.1. The number of anilines is 1. The molecule has 1 aromatic heterocycles. The average molecular weight is 291 g/mol. The Morgan fingerprint density at radius 2 is 2.19 bits per heavy atom. The molecule has 3 rings (SSSR count). The number of carbonyl (C=O) groups is 1. The van der Waals surface area contributed by atoms with Crippen molar-refractivity contribution in [3.05, 3.63) is 22.2 Å². The minimum Gasteiger partial charge on any atom is -0.347 e. The molecule has 0 spiro atoms. The maximum atomic E-state index is 12.3. The molecular weight excluding hydrogens is 270 g/mol. The molecular formula is C14H21N5O2. The molecule has 1 atom stereocenters. The molecule has 2 heterocycles. The zero-order chi connectivity index (χ0) is 15.0. The average Bonchev–Trinajstić information content (AvgIpc) is 3.30. The third kappa shape index (κ3) is 2.92. The van der Waals surface area contributed by atoms with E-state index in [1.54, 1.807) is 19.0 Å². The van der Waals surface area contributed by atoms with Crippen LogP contribution in [0.4, 0.5) is 5.82 Å². The predicted octanol–water partition coefficient (Wildman–Crippen LogP) is -0.486. The van der Waals surface area contributed by atoms with Crippen LogP contribution in [0.3, 0.4) is 0 Å². The number of hydrogen-bond acceptors (Lipinski definition) is 5. The Bertz CT molecular complexity index is 593. The van der Waals surface area contributed by atoms with Crippen molar-refractivity contribution in [3.8, 4) is 0 Å². The lowest BCUT2D eigenvalue weighted by Gasteiger charge is -2.37. The first-order valence-electron chi connectivity index (χ1n) is 7.36. The van der Waals surface area contributed by atoms with Gasteiger partial charge in [-0.15, -0.1) is 0 Å². The summed E-state index contributed by atoms with van der Waals surface area (Å²) in [6.45, 7) is 2.03. The van der Waals surface area contributed by atoms with Crippen molar-refractivity contribution in [2.24, 2.45) is 0 Å². The summed E-state index contributed by atoms with van der Waals surface area (Å²) in [6, 6.07) is 1.18. The lowest BCUT2D eigenvalue weighted by molar-refractivity contribution is -0.130. The molecule has 2 aliphatic rings. The van der Waals surface area contributed by atoms with E-state index in [-0.39, 0.29) is 17.5 Å². The van der Waals surface area contributed by atoms with Gasteiger partial charge in [0.15, 0.2) is 0 Å². The van der Waals surface area contributed by atoms with Gasteiger partial charge in [0.1, 0.15) is 17.7 Å². The van der Waals surface area contributed by atoms with Crippen LogP contribution < -0.4 is 15.8 Å². The number of aromatic amines is 1. The number of amides is 1. The molecule has 7 heteroatoms. The van der Waals surface area contributed by atoms with E-state index in [9.17, 15) is 9.59 Å². The minimum atomic E-state index is -0.310. The fourth-order valence-electron chi connectivity index (χ4n) is 2.66. The summed E-state index contributed by atoms with van der Waals surface area (Å²) in [7, 11) is 3.49. The lowest BCUT2D eigenvalue weighted by Crippen LogP contribution is -2.58. The smallest absolute Gasteiger partial charge is 0.252 e. The van der Waals surface area contributed by atoms with Crippen LogP contribution in [-0.2, 0) is 4.79 Å². The van der Waals surface area contributed by atoms with Crippen molar-refractivity contribution >= 4 is 11.7 Å². The molecule has 114 valence electrons. The first-order chi connectivity index (χ1) is 10.1. The molecule has 2 N–H and O–H groups in total. The number of nitrogens with one attached hydrogen (secondary N) is 2. The van der Waals surface area contributed by atoms with Crippen molar-refractivity contribution in [1.82, 2.24) is 20.2 Å². The number of piperazine rings is 1. The third-order valence-corrected chi connectivity index (χ3v) is 3.97. The van der Waals surface area contributed by atoms with E-state index in [1.165, 1.54) is 6.07 Å². The van der Waals surface area contributed by atoms with Crippen LogP contribution in [0.1, 0.15) is 24.6 Å². The van der Waals surface area contributed by atoms with Gasteiger partial charge in [-0.3, -0.25) is 9.59 Å². The number of aromatic nitrogens is 2. The first kappa shape index (κ1) is 14.1. The molecule has 1 aliphatic heterocycles. The van der Waals surface area contributed by atoms with E-state index in [0.29, 0.717) is 24.8 Å². The Hall–Kier alpha value is -1.89. The fourth-order valence-corrected chi connectivity index (χ4v) is 2.66. The zero-order valence-electron chi connectivity index (χ0n) is 12.4. The molecule has 1 aromatic rings. The summed E-state index contributed by atoms with van der Waals surface area (Å²) in [5, 5.41) is 3.23. The second-order valence-corrected chi connectivity index (χ2v) is 5.91. The molecule has 1 saturated carbocycles. The van der Waals surface area contributed by atoms with Crippen molar-refractivity contribution in [3.63, 3.8) is 0 Å². The highest BCUT2D eigenvalue weighted by atomic mass is 16.2.